The Hall–Kier alpha value is -3.24. The summed E-state index contributed by atoms with van der Waals surface area (Å²) < 4.78 is 0. The molecular formula is C28H28N2OSi. The molecule has 2 aromatic heterocycles. The van der Waals surface area contributed by atoms with Crippen LogP contribution in [0.5, 0.6) is 5.75 Å². The van der Waals surface area contributed by atoms with Gasteiger partial charge in [-0.3, -0.25) is 4.98 Å². The van der Waals surface area contributed by atoms with Gasteiger partial charge in [-0.2, -0.15) is 0 Å². The van der Waals surface area contributed by atoms with Crippen molar-refractivity contribution in [1.29, 1.82) is 0 Å². The number of phenolic OH excluding ortho intramolecular Hbond substituents is 1. The highest BCUT2D eigenvalue weighted by Gasteiger charge is 2.45. The van der Waals surface area contributed by atoms with Crippen molar-refractivity contribution >= 4 is 18.4 Å². The number of aromatic hydroxyl groups is 1. The van der Waals surface area contributed by atoms with Gasteiger partial charge in [0.25, 0.3) is 0 Å². The fourth-order valence-electron chi connectivity index (χ4n) is 5.42. The molecule has 0 spiro atoms. The molecule has 160 valence electrons. The van der Waals surface area contributed by atoms with E-state index in [0.29, 0.717) is 5.75 Å². The number of fused-ring (bicyclic) bond motifs is 3. The predicted molar refractivity (Wildman–Crippen MR) is 135 cm³/mol. The molecule has 0 unspecified atom stereocenters. The highest BCUT2D eigenvalue weighted by molar-refractivity contribution is 7.05. The summed E-state index contributed by atoms with van der Waals surface area (Å²) in [6.45, 7) is 4.55. The first-order valence-electron chi connectivity index (χ1n) is 11.5. The quantitative estimate of drug-likeness (QED) is 0.384. The van der Waals surface area contributed by atoms with Crippen molar-refractivity contribution in [3.05, 3.63) is 79.0 Å². The second kappa shape index (κ2) is 8.36. The Balaban J connectivity index is 1.67. The van der Waals surface area contributed by atoms with Gasteiger partial charge in [-0.05, 0) is 52.8 Å². The minimum absolute atomic E-state index is 0.359. The predicted octanol–water partition coefficient (Wildman–Crippen LogP) is 5.88. The van der Waals surface area contributed by atoms with Crippen LogP contribution in [0.3, 0.4) is 0 Å². The normalized spacial score (nSPS) is 13.6. The number of hydrogen-bond acceptors (Lipinski definition) is 3. The number of phenols is 1. The van der Waals surface area contributed by atoms with Gasteiger partial charge in [0, 0.05) is 22.9 Å². The summed E-state index contributed by atoms with van der Waals surface area (Å²) in [5.74, 6) is 0.359. The largest absolute Gasteiger partial charge is 0.507 e. The Morgan fingerprint density at radius 2 is 1.50 bits per heavy atom. The van der Waals surface area contributed by atoms with Gasteiger partial charge < -0.3 is 5.11 Å². The topological polar surface area (TPSA) is 46.0 Å². The molecule has 4 aromatic rings. The highest BCUT2D eigenvalue weighted by atomic mass is 28.3. The molecule has 3 nitrogen and oxygen atoms in total. The Labute approximate surface area is 190 Å². The van der Waals surface area contributed by atoms with Crippen molar-refractivity contribution < 1.29 is 5.11 Å². The Bertz CT molecular complexity index is 1260. The van der Waals surface area contributed by atoms with E-state index in [1.165, 1.54) is 22.5 Å². The van der Waals surface area contributed by atoms with Crippen LogP contribution in [-0.4, -0.2) is 23.1 Å². The van der Waals surface area contributed by atoms with Crippen LogP contribution in [0.15, 0.2) is 79.0 Å². The summed E-state index contributed by atoms with van der Waals surface area (Å²) in [4.78, 5) is 9.67. The van der Waals surface area contributed by atoms with Crippen molar-refractivity contribution in [2.24, 2.45) is 0 Å². The highest BCUT2D eigenvalue weighted by Crippen LogP contribution is 2.38. The Morgan fingerprint density at radius 3 is 2.22 bits per heavy atom. The van der Waals surface area contributed by atoms with E-state index in [1.807, 2.05) is 30.5 Å². The van der Waals surface area contributed by atoms with E-state index in [9.17, 15) is 5.11 Å². The smallest absolute Gasteiger partial charge is 0.124 e. The lowest BCUT2D eigenvalue weighted by Crippen LogP contribution is -2.54. The van der Waals surface area contributed by atoms with Crippen LogP contribution < -0.4 is 10.4 Å². The monoisotopic (exact) mass is 436 g/mol. The van der Waals surface area contributed by atoms with E-state index in [0.717, 1.165) is 46.6 Å². The second-order valence-electron chi connectivity index (χ2n) is 8.67. The first kappa shape index (κ1) is 20.6. The molecular weight excluding hydrogens is 408 g/mol. The minimum Gasteiger partial charge on any atom is -0.507 e. The minimum atomic E-state index is -1.92. The van der Waals surface area contributed by atoms with Gasteiger partial charge in [0.2, 0.25) is 0 Å². The molecule has 2 aromatic carbocycles. The van der Waals surface area contributed by atoms with Crippen molar-refractivity contribution in [3.63, 3.8) is 0 Å². The van der Waals surface area contributed by atoms with Crippen molar-refractivity contribution in [2.75, 3.05) is 0 Å². The molecule has 3 heterocycles. The average molecular weight is 437 g/mol. The fraction of sp³-hybridized carbons (Fsp3) is 0.214. The maximum Gasteiger partial charge on any atom is 0.124 e. The number of pyridine rings is 2. The molecule has 0 fully saturated rings. The molecule has 0 amide bonds. The van der Waals surface area contributed by atoms with Crippen LogP contribution >= 0.6 is 0 Å². The maximum atomic E-state index is 10.9. The molecule has 0 radical (unpaired) electrons. The van der Waals surface area contributed by atoms with E-state index >= 15 is 0 Å². The summed E-state index contributed by atoms with van der Waals surface area (Å²) in [5, 5.41) is 13.6. The zero-order valence-corrected chi connectivity index (χ0v) is 19.7. The number of nitrogens with zero attached hydrogens (tertiary/aromatic N) is 2. The van der Waals surface area contributed by atoms with Crippen molar-refractivity contribution in [2.45, 2.75) is 38.8 Å². The van der Waals surface area contributed by atoms with Crippen LogP contribution in [0.4, 0.5) is 0 Å². The van der Waals surface area contributed by atoms with Gasteiger partial charge in [-0.1, -0.05) is 69.2 Å². The lowest BCUT2D eigenvalue weighted by atomic mass is 10.0. The van der Waals surface area contributed by atoms with E-state index in [1.54, 1.807) is 6.07 Å². The maximum absolute atomic E-state index is 10.9. The number of aromatic nitrogens is 2. The number of rotatable bonds is 6. The van der Waals surface area contributed by atoms with Crippen LogP contribution in [0.1, 0.15) is 26.7 Å². The SMILES string of the molecule is CCC[Si]1(CCC)c2ccc(-c3cccc(-c4ccccn4)c3)nc2-c2c(O)cccc21. The number of hydrogen-bond donors (Lipinski definition) is 1. The number of benzene rings is 2. The molecule has 1 N–H and O–H groups in total. The Morgan fingerprint density at radius 1 is 0.750 bits per heavy atom. The summed E-state index contributed by atoms with van der Waals surface area (Å²) >= 11 is 0. The zero-order valence-electron chi connectivity index (χ0n) is 18.7. The van der Waals surface area contributed by atoms with Gasteiger partial charge in [-0.15, -0.1) is 0 Å². The molecule has 0 bridgehead atoms. The third kappa shape index (κ3) is 3.26. The van der Waals surface area contributed by atoms with Gasteiger partial charge in [0.1, 0.15) is 13.8 Å². The van der Waals surface area contributed by atoms with Crippen molar-refractivity contribution in [3.8, 4) is 39.5 Å². The summed E-state index contributed by atoms with van der Waals surface area (Å²) in [6, 6.07) is 27.3. The van der Waals surface area contributed by atoms with Gasteiger partial charge in [-0.25, -0.2) is 4.98 Å². The lowest BCUT2D eigenvalue weighted by molar-refractivity contribution is 0.477. The molecule has 5 rings (SSSR count). The van der Waals surface area contributed by atoms with E-state index in [-0.39, 0.29) is 0 Å². The summed E-state index contributed by atoms with van der Waals surface area (Å²) in [7, 11) is -1.92. The second-order valence-corrected chi connectivity index (χ2v) is 12.9. The van der Waals surface area contributed by atoms with E-state index in [2.05, 4.69) is 61.3 Å². The third-order valence-corrected chi connectivity index (χ3v) is 12.3. The fourth-order valence-corrected chi connectivity index (χ4v) is 10.9. The molecule has 0 aliphatic carbocycles. The lowest BCUT2D eigenvalue weighted by Gasteiger charge is -2.29. The molecule has 0 atom stereocenters. The van der Waals surface area contributed by atoms with Crippen LogP contribution in [0.2, 0.25) is 12.1 Å². The molecule has 0 saturated carbocycles. The molecule has 4 heteroatoms. The van der Waals surface area contributed by atoms with Gasteiger partial charge in [0.15, 0.2) is 0 Å². The van der Waals surface area contributed by atoms with Gasteiger partial charge >= 0.3 is 0 Å². The summed E-state index contributed by atoms with van der Waals surface area (Å²) in [6.07, 6.45) is 4.12. The van der Waals surface area contributed by atoms with Crippen LogP contribution in [-0.2, 0) is 0 Å². The average Bonchev–Trinajstić information content (AvgIpc) is 3.10. The van der Waals surface area contributed by atoms with E-state index < -0.39 is 8.07 Å². The van der Waals surface area contributed by atoms with E-state index in [4.69, 9.17) is 4.98 Å². The summed E-state index contributed by atoms with van der Waals surface area (Å²) in [5.41, 5.74) is 6.00. The molecule has 1 aliphatic rings. The first-order chi connectivity index (χ1) is 15.7. The first-order valence-corrected chi connectivity index (χ1v) is 14.0. The molecule has 1 aliphatic heterocycles. The Kier molecular flexibility index (Phi) is 5.39. The zero-order chi connectivity index (χ0) is 22.1. The van der Waals surface area contributed by atoms with Crippen LogP contribution in [0.25, 0.3) is 33.8 Å². The van der Waals surface area contributed by atoms with Crippen LogP contribution in [0, 0.1) is 0 Å². The van der Waals surface area contributed by atoms with Crippen molar-refractivity contribution in [1.82, 2.24) is 9.97 Å². The molecule has 32 heavy (non-hydrogen) atoms. The standard InChI is InChI=1S/C28H28N2OSi/c1-3-17-32(18-4-2)25-13-8-12-24(31)27(25)28-26(32)15-14-23(30-28)21-10-7-9-20(19-21)22-11-5-6-16-29-22/h5-16,19,31H,3-4,17-18H2,1-2H3. The molecule has 0 saturated heterocycles. The third-order valence-electron chi connectivity index (χ3n) is 6.68. The van der Waals surface area contributed by atoms with Gasteiger partial charge in [0.05, 0.1) is 17.1 Å².